The van der Waals surface area contributed by atoms with E-state index in [1.165, 1.54) is 12.1 Å². The molecule has 0 aromatic heterocycles. The lowest BCUT2D eigenvalue weighted by molar-refractivity contribution is -0.384. The molecule has 1 heterocycles. The Balaban J connectivity index is 2.31. The molecule has 0 spiro atoms. The zero-order valence-corrected chi connectivity index (χ0v) is 14.7. The van der Waals surface area contributed by atoms with Gasteiger partial charge in [0.1, 0.15) is 0 Å². The standard InChI is InChI=1S/C16H23N3O3S/c1-10(2)8-18-15(12(4)20)9-23-16(18)17-14-6-5-13(19(21)22)7-11(14)3/h5-7,10,12,15,20H,8-9H2,1-4H3/t12-,15+/m0/s1. The Labute approximate surface area is 140 Å². The second-order valence-electron chi connectivity index (χ2n) is 6.29. The molecule has 0 radical (unpaired) electrons. The molecular weight excluding hydrogens is 314 g/mol. The molecule has 0 saturated carbocycles. The van der Waals surface area contributed by atoms with Crippen molar-refractivity contribution in [3.05, 3.63) is 33.9 Å². The second-order valence-corrected chi connectivity index (χ2v) is 7.27. The average molecular weight is 337 g/mol. The van der Waals surface area contributed by atoms with Crippen molar-refractivity contribution >= 4 is 28.3 Å². The van der Waals surface area contributed by atoms with Gasteiger partial charge in [0.25, 0.3) is 5.69 Å². The molecule has 1 saturated heterocycles. The van der Waals surface area contributed by atoms with E-state index in [1.807, 2.05) is 6.92 Å². The number of hydrogen-bond acceptors (Lipinski definition) is 5. The van der Waals surface area contributed by atoms with E-state index >= 15 is 0 Å². The first-order valence-electron chi connectivity index (χ1n) is 7.70. The fraction of sp³-hybridized carbons (Fsp3) is 0.562. The Morgan fingerprint density at radius 1 is 1.48 bits per heavy atom. The SMILES string of the molecule is Cc1cc([N+](=O)[O-])ccc1N=C1SC[C@H]([C@H](C)O)N1CC(C)C. The minimum absolute atomic E-state index is 0.0551. The molecule has 2 atom stereocenters. The highest BCUT2D eigenvalue weighted by Gasteiger charge is 2.33. The van der Waals surface area contributed by atoms with E-state index in [1.54, 1.807) is 24.8 Å². The molecule has 0 bridgehead atoms. The Hall–Kier alpha value is -1.60. The maximum absolute atomic E-state index is 10.8. The zero-order valence-electron chi connectivity index (χ0n) is 13.9. The van der Waals surface area contributed by atoms with Gasteiger partial charge in [-0.2, -0.15) is 0 Å². The highest BCUT2D eigenvalue weighted by atomic mass is 32.2. The lowest BCUT2D eigenvalue weighted by Gasteiger charge is -2.29. The van der Waals surface area contributed by atoms with Gasteiger partial charge in [-0.05, 0) is 31.4 Å². The van der Waals surface area contributed by atoms with Crippen molar-refractivity contribution in [2.45, 2.75) is 39.8 Å². The van der Waals surface area contributed by atoms with Gasteiger partial charge in [0.05, 0.1) is 22.8 Å². The number of aliphatic hydroxyl groups excluding tert-OH is 1. The van der Waals surface area contributed by atoms with E-state index in [0.717, 1.165) is 28.7 Å². The molecule has 1 aliphatic rings. The highest BCUT2D eigenvalue weighted by molar-refractivity contribution is 8.14. The van der Waals surface area contributed by atoms with Crippen LogP contribution < -0.4 is 0 Å². The number of aryl methyl sites for hydroxylation is 1. The summed E-state index contributed by atoms with van der Waals surface area (Å²) in [5.74, 6) is 1.26. The molecule has 0 unspecified atom stereocenters. The minimum atomic E-state index is -0.424. The summed E-state index contributed by atoms with van der Waals surface area (Å²) in [5, 5.41) is 21.7. The summed E-state index contributed by atoms with van der Waals surface area (Å²) in [6.45, 7) is 8.73. The fourth-order valence-electron chi connectivity index (χ4n) is 2.56. The molecule has 1 N–H and O–H groups in total. The number of benzene rings is 1. The minimum Gasteiger partial charge on any atom is -0.391 e. The van der Waals surface area contributed by atoms with Crippen LogP contribution >= 0.6 is 11.8 Å². The van der Waals surface area contributed by atoms with Gasteiger partial charge in [-0.15, -0.1) is 0 Å². The number of aliphatic hydroxyl groups is 1. The van der Waals surface area contributed by atoms with Crippen LogP contribution in [0.5, 0.6) is 0 Å². The van der Waals surface area contributed by atoms with Gasteiger partial charge in [-0.1, -0.05) is 25.6 Å². The second kappa shape index (κ2) is 7.31. The van der Waals surface area contributed by atoms with E-state index in [4.69, 9.17) is 4.99 Å². The third kappa shape index (κ3) is 4.23. The number of thioether (sulfide) groups is 1. The Kier molecular flexibility index (Phi) is 5.64. The van der Waals surface area contributed by atoms with Crippen LogP contribution in [-0.2, 0) is 0 Å². The smallest absolute Gasteiger partial charge is 0.269 e. The van der Waals surface area contributed by atoms with Gasteiger partial charge in [0.2, 0.25) is 0 Å². The largest absolute Gasteiger partial charge is 0.391 e. The molecule has 2 rings (SSSR count). The molecule has 0 amide bonds. The highest BCUT2D eigenvalue weighted by Crippen LogP contribution is 2.31. The maximum Gasteiger partial charge on any atom is 0.269 e. The quantitative estimate of drug-likeness (QED) is 0.658. The lowest BCUT2D eigenvalue weighted by Crippen LogP contribution is -2.43. The summed E-state index contributed by atoms with van der Waals surface area (Å²) >= 11 is 1.62. The van der Waals surface area contributed by atoms with E-state index in [2.05, 4.69) is 18.7 Å². The van der Waals surface area contributed by atoms with Crippen molar-refractivity contribution in [3.8, 4) is 0 Å². The van der Waals surface area contributed by atoms with E-state index in [9.17, 15) is 15.2 Å². The monoisotopic (exact) mass is 337 g/mol. The Bertz CT molecular complexity index is 617. The van der Waals surface area contributed by atoms with Gasteiger partial charge < -0.3 is 10.0 Å². The number of nitrogens with zero attached hydrogens (tertiary/aromatic N) is 3. The number of rotatable bonds is 5. The predicted molar refractivity (Wildman–Crippen MR) is 94.4 cm³/mol. The van der Waals surface area contributed by atoms with Crippen LogP contribution in [0.15, 0.2) is 23.2 Å². The molecule has 0 aliphatic carbocycles. The summed E-state index contributed by atoms with van der Waals surface area (Å²) in [4.78, 5) is 17.3. The fourth-order valence-corrected chi connectivity index (χ4v) is 3.88. The topological polar surface area (TPSA) is 79.0 Å². The van der Waals surface area contributed by atoms with Crippen molar-refractivity contribution < 1.29 is 10.0 Å². The number of hydrogen-bond donors (Lipinski definition) is 1. The molecular formula is C16H23N3O3S. The Morgan fingerprint density at radius 2 is 2.17 bits per heavy atom. The molecule has 1 aromatic carbocycles. The third-order valence-corrected chi connectivity index (χ3v) is 4.85. The van der Waals surface area contributed by atoms with E-state index in [-0.39, 0.29) is 11.7 Å². The zero-order chi connectivity index (χ0) is 17.1. The van der Waals surface area contributed by atoms with Crippen LogP contribution in [0.3, 0.4) is 0 Å². The normalized spacial score (nSPS) is 21.2. The van der Waals surface area contributed by atoms with Crippen LogP contribution in [-0.4, -0.2) is 44.5 Å². The predicted octanol–water partition coefficient (Wildman–Crippen LogP) is 3.34. The first kappa shape index (κ1) is 17.7. The lowest BCUT2D eigenvalue weighted by atomic mass is 10.1. The summed E-state index contributed by atoms with van der Waals surface area (Å²) in [7, 11) is 0. The van der Waals surface area contributed by atoms with E-state index < -0.39 is 11.0 Å². The molecule has 7 heteroatoms. The number of nitro groups is 1. The first-order chi connectivity index (χ1) is 10.8. The van der Waals surface area contributed by atoms with Crippen molar-refractivity contribution in [1.82, 2.24) is 4.90 Å². The summed E-state index contributed by atoms with van der Waals surface area (Å²) in [6, 6.07) is 4.76. The molecule has 6 nitrogen and oxygen atoms in total. The van der Waals surface area contributed by atoms with Crippen molar-refractivity contribution in [3.63, 3.8) is 0 Å². The van der Waals surface area contributed by atoms with Crippen LogP contribution in [0, 0.1) is 23.0 Å². The third-order valence-electron chi connectivity index (χ3n) is 3.76. The Morgan fingerprint density at radius 3 is 2.70 bits per heavy atom. The molecule has 1 aromatic rings. The van der Waals surface area contributed by atoms with Gasteiger partial charge in [-0.25, -0.2) is 4.99 Å². The van der Waals surface area contributed by atoms with Crippen LogP contribution in [0.1, 0.15) is 26.3 Å². The average Bonchev–Trinajstić information content (AvgIpc) is 2.83. The molecule has 23 heavy (non-hydrogen) atoms. The summed E-state index contributed by atoms with van der Waals surface area (Å²) in [5.41, 5.74) is 1.59. The van der Waals surface area contributed by atoms with Crippen LogP contribution in [0.2, 0.25) is 0 Å². The number of non-ortho nitro benzene ring substituents is 1. The number of amidine groups is 1. The van der Waals surface area contributed by atoms with Crippen molar-refractivity contribution in [1.29, 1.82) is 0 Å². The summed E-state index contributed by atoms with van der Waals surface area (Å²) in [6.07, 6.45) is -0.424. The maximum atomic E-state index is 10.8. The van der Waals surface area contributed by atoms with Crippen LogP contribution in [0.25, 0.3) is 0 Å². The van der Waals surface area contributed by atoms with Crippen LogP contribution in [0.4, 0.5) is 11.4 Å². The van der Waals surface area contributed by atoms with Gasteiger partial charge >= 0.3 is 0 Å². The van der Waals surface area contributed by atoms with Gasteiger partial charge in [0.15, 0.2) is 5.17 Å². The molecule has 1 aliphatic heterocycles. The molecule has 1 fully saturated rings. The number of nitro benzene ring substituents is 1. The van der Waals surface area contributed by atoms with Gasteiger partial charge in [0, 0.05) is 24.4 Å². The summed E-state index contributed by atoms with van der Waals surface area (Å²) < 4.78 is 0. The van der Waals surface area contributed by atoms with E-state index in [0.29, 0.717) is 5.92 Å². The van der Waals surface area contributed by atoms with Crippen molar-refractivity contribution in [2.24, 2.45) is 10.9 Å². The number of aliphatic imine (C=N–C) groups is 1. The molecule has 126 valence electrons. The van der Waals surface area contributed by atoms with Gasteiger partial charge in [-0.3, -0.25) is 10.1 Å². The first-order valence-corrected chi connectivity index (χ1v) is 8.69. The van der Waals surface area contributed by atoms with Crippen molar-refractivity contribution in [2.75, 3.05) is 12.3 Å².